The third-order valence-electron chi connectivity index (χ3n) is 4.72. The number of pyridine rings is 1. The molecule has 1 aliphatic rings. The molecule has 25 heavy (non-hydrogen) atoms. The fourth-order valence-corrected chi connectivity index (χ4v) is 3.29. The largest absolute Gasteiger partial charge is 0.299 e. The van der Waals surface area contributed by atoms with Crippen LogP contribution < -0.4 is 0 Å². The first-order valence-corrected chi connectivity index (χ1v) is 8.57. The Balaban J connectivity index is 1.36. The summed E-state index contributed by atoms with van der Waals surface area (Å²) in [4.78, 5) is 6.54. The van der Waals surface area contributed by atoms with Crippen LogP contribution in [0.2, 0.25) is 0 Å². The van der Waals surface area contributed by atoms with Crippen molar-refractivity contribution >= 4 is 0 Å². The topological polar surface area (TPSA) is 46.8 Å². The highest BCUT2D eigenvalue weighted by atomic mass is 19.1. The standard InChI is InChI=1S/C19H20FN5/c20-17-5-3-15(4-6-17)13-24-10-7-18(8-11-24)25-14-19(22-23-25)16-2-1-9-21-12-16/h1-6,9,12,14,18H,7-8,10-11,13H2. The predicted molar refractivity (Wildman–Crippen MR) is 93.2 cm³/mol. The van der Waals surface area contributed by atoms with Crippen LogP contribution in [0.1, 0.15) is 24.4 Å². The molecule has 2 aromatic heterocycles. The van der Waals surface area contributed by atoms with E-state index in [1.54, 1.807) is 12.4 Å². The third kappa shape index (κ3) is 3.74. The Bertz CT molecular complexity index is 807. The van der Waals surface area contributed by atoms with Gasteiger partial charge in [0.05, 0.1) is 12.2 Å². The van der Waals surface area contributed by atoms with Crippen molar-refractivity contribution in [2.75, 3.05) is 13.1 Å². The summed E-state index contributed by atoms with van der Waals surface area (Å²) in [6, 6.07) is 11.0. The summed E-state index contributed by atoms with van der Waals surface area (Å²) in [6.45, 7) is 2.87. The number of hydrogen-bond acceptors (Lipinski definition) is 4. The molecule has 0 bridgehead atoms. The number of nitrogens with zero attached hydrogens (tertiary/aromatic N) is 5. The molecular formula is C19H20FN5. The third-order valence-corrected chi connectivity index (χ3v) is 4.72. The van der Waals surface area contributed by atoms with Gasteiger partial charge in [0.1, 0.15) is 11.5 Å². The van der Waals surface area contributed by atoms with Crippen LogP contribution in [0.25, 0.3) is 11.3 Å². The Morgan fingerprint density at radius 3 is 2.60 bits per heavy atom. The van der Waals surface area contributed by atoms with Gasteiger partial charge in [-0.25, -0.2) is 9.07 Å². The molecule has 0 N–H and O–H groups in total. The zero-order chi connectivity index (χ0) is 17.1. The minimum atomic E-state index is -0.182. The van der Waals surface area contributed by atoms with Crippen molar-refractivity contribution in [1.29, 1.82) is 0 Å². The molecule has 1 aliphatic heterocycles. The summed E-state index contributed by atoms with van der Waals surface area (Å²) in [6.07, 6.45) is 7.65. The SMILES string of the molecule is Fc1ccc(CN2CCC(n3cc(-c4cccnc4)nn3)CC2)cc1. The minimum absolute atomic E-state index is 0.182. The predicted octanol–water partition coefficient (Wildman–Crippen LogP) is 3.32. The summed E-state index contributed by atoms with van der Waals surface area (Å²) in [5.74, 6) is -0.182. The Labute approximate surface area is 146 Å². The molecule has 3 aromatic rings. The van der Waals surface area contributed by atoms with E-state index in [0.29, 0.717) is 6.04 Å². The van der Waals surface area contributed by atoms with E-state index in [1.807, 2.05) is 35.1 Å². The molecular weight excluding hydrogens is 317 g/mol. The number of piperidine rings is 1. The lowest BCUT2D eigenvalue weighted by Crippen LogP contribution is -2.34. The van der Waals surface area contributed by atoms with Crippen molar-refractivity contribution in [3.8, 4) is 11.3 Å². The van der Waals surface area contributed by atoms with Crippen molar-refractivity contribution in [2.24, 2.45) is 0 Å². The van der Waals surface area contributed by atoms with Crippen molar-refractivity contribution in [3.63, 3.8) is 0 Å². The lowest BCUT2D eigenvalue weighted by atomic mass is 10.0. The number of benzene rings is 1. The molecule has 0 atom stereocenters. The normalized spacial score (nSPS) is 16.2. The van der Waals surface area contributed by atoms with Crippen LogP contribution in [0.5, 0.6) is 0 Å². The molecule has 0 spiro atoms. The van der Waals surface area contributed by atoms with Gasteiger partial charge >= 0.3 is 0 Å². The average molecular weight is 337 g/mol. The van der Waals surface area contributed by atoms with Crippen LogP contribution in [0.3, 0.4) is 0 Å². The molecule has 0 amide bonds. The Morgan fingerprint density at radius 1 is 1.08 bits per heavy atom. The average Bonchev–Trinajstić information content (AvgIpc) is 3.15. The molecule has 1 fully saturated rings. The Hall–Kier alpha value is -2.60. The molecule has 0 aliphatic carbocycles. The second-order valence-corrected chi connectivity index (χ2v) is 6.46. The van der Waals surface area contributed by atoms with Gasteiger partial charge in [-0.05, 0) is 42.7 Å². The minimum Gasteiger partial charge on any atom is -0.299 e. The van der Waals surface area contributed by atoms with Gasteiger partial charge in [0.2, 0.25) is 0 Å². The van der Waals surface area contributed by atoms with Crippen LogP contribution in [-0.4, -0.2) is 38.0 Å². The maximum atomic E-state index is 13.0. The van der Waals surface area contributed by atoms with Gasteiger partial charge in [0, 0.05) is 37.6 Å². The highest BCUT2D eigenvalue weighted by Crippen LogP contribution is 2.24. The molecule has 6 heteroatoms. The highest BCUT2D eigenvalue weighted by Gasteiger charge is 2.22. The number of hydrogen-bond donors (Lipinski definition) is 0. The maximum absolute atomic E-state index is 13.0. The first kappa shape index (κ1) is 15.9. The quantitative estimate of drug-likeness (QED) is 0.733. The van der Waals surface area contributed by atoms with Crippen LogP contribution in [-0.2, 0) is 6.54 Å². The summed E-state index contributed by atoms with van der Waals surface area (Å²) < 4.78 is 15.0. The van der Waals surface area contributed by atoms with Crippen molar-refractivity contribution < 1.29 is 4.39 Å². The van der Waals surface area contributed by atoms with Gasteiger partial charge < -0.3 is 0 Å². The fourth-order valence-electron chi connectivity index (χ4n) is 3.29. The van der Waals surface area contributed by atoms with E-state index in [1.165, 1.54) is 12.1 Å². The van der Waals surface area contributed by atoms with E-state index in [0.717, 1.165) is 49.3 Å². The molecule has 0 saturated carbocycles. The maximum Gasteiger partial charge on any atom is 0.123 e. The first-order chi connectivity index (χ1) is 12.3. The van der Waals surface area contributed by atoms with Crippen molar-refractivity contribution in [2.45, 2.75) is 25.4 Å². The summed E-state index contributed by atoms with van der Waals surface area (Å²) in [5, 5.41) is 8.59. The van der Waals surface area contributed by atoms with Crippen LogP contribution in [0.4, 0.5) is 4.39 Å². The zero-order valence-electron chi connectivity index (χ0n) is 13.9. The molecule has 1 aromatic carbocycles. The first-order valence-electron chi connectivity index (χ1n) is 8.57. The van der Waals surface area contributed by atoms with E-state index in [2.05, 4.69) is 20.2 Å². The second-order valence-electron chi connectivity index (χ2n) is 6.46. The molecule has 0 radical (unpaired) electrons. The van der Waals surface area contributed by atoms with Gasteiger partial charge in [-0.1, -0.05) is 17.3 Å². The van der Waals surface area contributed by atoms with Crippen LogP contribution in [0, 0.1) is 5.82 Å². The second kappa shape index (κ2) is 7.11. The summed E-state index contributed by atoms with van der Waals surface area (Å²) in [5.41, 5.74) is 3.00. The summed E-state index contributed by atoms with van der Waals surface area (Å²) >= 11 is 0. The van der Waals surface area contributed by atoms with E-state index < -0.39 is 0 Å². The molecule has 3 heterocycles. The van der Waals surface area contributed by atoms with Crippen LogP contribution >= 0.6 is 0 Å². The molecule has 128 valence electrons. The van der Waals surface area contributed by atoms with Crippen molar-refractivity contribution in [1.82, 2.24) is 24.9 Å². The van der Waals surface area contributed by atoms with E-state index in [4.69, 9.17) is 0 Å². The smallest absolute Gasteiger partial charge is 0.123 e. The highest BCUT2D eigenvalue weighted by molar-refractivity contribution is 5.55. The molecule has 1 saturated heterocycles. The van der Waals surface area contributed by atoms with Gasteiger partial charge in [0.15, 0.2) is 0 Å². The number of likely N-dealkylation sites (tertiary alicyclic amines) is 1. The molecule has 0 unspecified atom stereocenters. The Morgan fingerprint density at radius 2 is 1.88 bits per heavy atom. The van der Waals surface area contributed by atoms with Gasteiger partial charge in [-0.3, -0.25) is 9.88 Å². The van der Waals surface area contributed by atoms with E-state index in [-0.39, 0.29) is 5.82 Å². The van der Waals surface area contributed by atoms with Gasteiger partial charge in [0.25, 0.3) is 0 Å². The zero-order valence-corrected chi connectivity index (χ0v) is 13.9. The lowest BCUT2D eigenvalue weighted by Gasteiger charge is -2.31. The fraction of sp³-hybridized carbons (Fsp3) is 0.316. The van der Waals surface area contributed by atoms with Gasteiger partial charge in [-0.2, -0.15) is 0 Å². The van der Waals surface area contributed by atoms with Crippen LogP contribution in [0.15, 0.2) is 55.0 Å². The van der Waals surface area contributed by atoms with E-state index >= 15 is 0 Å². The monoisotopic (exact) mass is 337 g/mol. The number of rotatable bonds is 4. The summed E-state index contributed by atoms with van der Waals surface area (Å²) in [7, 11) is 0. The lowest BCUT2D eigenvalue weighted by molar-refractivity contribution is 0.172. The van der Waals surface area contributed by atoms with Crippen molar-refractivity contribution in [3.05, 3.63) is 66.4 Å². The van der Waals surface area contributed by atoms with Gasteiger partial charge in [-0.15, -0.1) is 5.10 Å². The molecule has 5 nitrogen and oxygen atoms in total. The number of halogens is 1. The molecule has 4 rings (SSSR count). The Kier molecular flexibility index (Phi) is 4.52. The van der Waals surface area contributed by atoms with E-state index in [9.17, 15) is 4.39 Å². The number of aromatic nitrogens is 4.